The number of carbonyl (C=O) groups is 1. The van der Waals surface area contributed by atoms with E-state index in [-0.39, 0.29) is 35.9 Å². The summed E-state index contributed by atoms with van der Waals surface area (Å²) in [5.74, 6) is 0.239. The molecule has 1 aromatic carbocycles. The number of guanidine groups is 1. The van der Waals surface area contributed by atoms with Crippen LogP contribution in [0, 0.1) is 5.92 Å². The zero-order valence-electron chi connectivity index (χ0n) is 15.4. The van der Waals surface area contributed by atoms with Gasteiger partial charge in [-0.3, -0.25) is 9.79 Å². The topological polar surface area (TPSA) is 53.9 Å². The van der Waals surface area contributed by atoms with Crippen LogP contribution in [-0.4, -0.2) is 43.6 Å². The summed E-state index contributed by atoms with van der Waals surface area (Å²) in [6, 6.07) is 5.02. The third-order valence-electron chi connectivity index (χ3n) is 4.28. The van der Waals surface area contributed by atoms with Crippen LogP contribution >= 0.6 is 24.0 Å². The van der Waals surface area contributed by atoms with Gasteiger partial charge in [-0.2, -0.15) is 13.2 Å². The molecule has 1 aromatic rings. The Labute approximate surface area is 174 Å². The maximum Gasteiger partial charge on any atom is 0.416 e. The third-order valence-corrected chi connectivity index (χ3v) is 4.28. The van der Waals surface area contributed by atoms with Crippen molar-refractivity contribution in [1.82, 2.24) is 10.2 Å². The number of hydrogen-bond acceptors (Lipinski definition) is 3. The molecule has 9 heteroatoms. The maximum absolute atomic E-state index is 12.6. The number of halogens is 4. The van der Waals surface area contributed by atoms with Gasteiger partial charge in [0.1, 0.15) is 0 Å². The van der Waals surface area contributed by atoms with Gasteiger partial charge in [-0.15, -0.1) is 24.0 Å². The summed E-state index contributed by atoms with van der Waals surface area (Å²) < 4.78 is 42.9. The summed E-state index contributed by atoms with van der Waals surface area (Å²) in [5.41, 5.74) is 0.0528. The van der Waals surface area contributed by atoms with E-state index in [1.165, 1.54) is 12.1 Å². The van der Waals surface area contributed by atoms with Gasteiger partial charge in [0.15, 0.2) is 5.96 Å². The number of carbonyl (C=O) groups excluding carboxylic acids is 1. The van der Waals surface area contributed by atoms with Crippen LogP contribution in [0.3, 0.4) is 0 Å². The number of nitrogens with one attached hydrogen (secondary N) is 1. The molecule has 1 aliphatic rings. The lowest BCUT2D eigenvalue weighted by atomic mass is 9.98. The van der Waals surface area contributed by atoms with Crippen LogP contribution in [0.1, 0.15) is 30.9 Å². The van der Waals surface area contributed by atoms with E-state index < -0.39 is 11.7 Å². The van der Waals surface area contributed by atoms with E-state index in [0.29, 0.717) is 25.7 Å². The number of esters is 1. The molecule has 5 nitrogen and oxygen atoms in total. The fourth-order valence-corrected chi connectivity index (χ4v) is 2.95. The van der Waals surface area contributed by atoms with Crippen molar-refractivity contribution in [3.8, 4) is 0 Å². The standard InChI is InChI=1S/C18H24F3N3O2.HI/c1-3-26-16(25)14-5-4-10-24(12-14)17(22-2)23-11-13-6-8-15(9-7-13)18(19,20)21;/h6-9,14H,3-5,10-12H2,1-2H3,(H,22,23);1H. The molecule has 1 aliphatic heterocycles. The lowest BCUT2D eigenvalue weighted by molar-refractivity contribution is -0.149. The van der Waals surface area contributed by atoms with Crippen molar-refractivity contribution < 1.29 is 22.7 Å². The lowest BCUT2D eigenvalue weighted by Crippen LogP contribution is -2.48. The minimum atomic E-state index is -4.34. The van der Waals surface area contributed by atoms with E-state index in [1.54, 1.807) is 14.0 Å². The Kier molecular flexibility index (Phi) is 9.34. The van der Waals surface area contributed by atoms with Gasteiger partial charge in [0.2, 0.25) is 0 Å². The van der Waals surface area contributed by atoms with E-state index in [2.05, 4.69) is 10.3 Å². The summed E-state index contributed by atoms with van der Waals surface area (Å²) in [5, 5.41) is 3.15. The second-order valence-corrected chi connectivity index (χ2v) is 6.13. The summed E-state index contributed by atoms with van der Waals surface area (Å²) in [6.45, 7) is 3.78. The molecule has 27 heavy (non-hydrogen) atoms. The zero-order chi connectivity index (χ0) is 19.2. The van der Waals surface area contributed by atoms with Gasteiger partial charge >= 0.3 is 12.1 Å². The first-order valence-electron chi connectivity index (χ1n) is 8.63. The number of piperidine rings is 1. The molecule has 0 saturated carbocycles. The molecule has 1 heterocycles. The number of alkyl halides is 3. The first-order chi connectivity index (χ1) is 12.3. The molecule has 2 rings (SSSR count). The summed E-state index contributed by atoms with van der Waals surface area (Å²) in [6.07, 6.45) is -2.70. The summed E-state index contributed by atoms with van der Waals surface area (Å²) in [4.78, 5) is 18.1. The minimum Gasteiger partial charge on any atom is -0.466 e. The van der Waals surface area contributed by atoms with Crippen LogP contribution < -0.4 is 5.32 Å². The van der Waals surface area contributed by atoms with Gasteiger partial charge in [0, 0.05) is 26.7 Å². The fraction of sp³-hybridized carbons (Fsp3) is 0.556. The largest absolute Gasteiger partial charge is 0.466 e. The SMILES string of the molecule is CCOC(=O)C1CCCN(C(=NC)NCc2ccc(C(F)(F)F)cc2)C1.I. The Morgan fingerprint density at radius 3 is 2.56 bits per heavy atom. The van der Waals surface area contributed by atoms with E-state index in [4.69, 9.17) is 4.74 Å². The number of aliphatic imine (C=N–C) groups is 1. The Hall–Kier alpha value is -1.52. The highest BCUT2D eigenvalue weighted by atomic mass is 127. The maximum atomic E-state index is 12.6. The van der Waals surface area contributed by atoms with Gasteiger partial charge in [-0.1, -0.05) is 12.1 Å². The Bertz CT molecular complexity index is 636. The number of rotatable bonds is 4. The van der Waals surface area contributed by atoms with E-state index in [9.17, 15) is 18.0 Å². The molecule has 1 unspecified atom stereocenters. The second kappa shape index (κ2) is 10.7. The first kappa shape index (κ1) is 23.5. The van der Waals surface area contributed by atoms with E-state index in [1.807, 2.05) is 4.90 Å². The van der Waals surface area contributed by atoms with Crippen molar-refractivity contribution in [2.75, 3.05) is 26.7 Å². The average Bonchev–Trinajstić information content (AvgIpc) is 2.62. The molecule has 0 spiro atoms. The number of nitrogens with zero attached hydrogens (tertiary/aromatic N) is 2. The highest BCUT2D eigenvalue weighted by Crippen LogP contribution is 2.29. The number of ether oxygens (including phenoxy) is 1. The minimum absolute atomic E-state index is 0. The van der Waals surface area contributed by atoms with Crippen LogP contribution in [-0.2, 0) is 22.3 Å². The van der Waals surface area contributed by atoms with E-state index >= 15 is 0 Å². The molecular weight excluding hydrogens is 474 g/mol. The monoisotopic (exact) mass is 499 g/mol. The van der Waals surface area contributed by atoms with E-state index in [0.717, 1.165) is 37.1 Å². The van der Waals surface area contributed by atoms with Crippen LogP contribution in [0.2, 0.25) is 0 Å². The van der Waals surface area contributed by atoms with Crippen LogP contribution in [0.15, 0.2) is 29.3 Å². The molecule has 152 valence electrons. The fourth-order valence-electron chi connectivity index (χ4n) is 2.95. The molecule has 0 radical (unpaired) electrons. The smallest absolute Gasteiger partial charge is 0.416 e. The van der Waals surface area contributed by atoms with Crippen molar-refractivity contribution in [1.29, 1.82) is 0 Å². The molecule has 0 bridgehead atoms. The molecule has 1 N–H and O–H groups in total. The number of hydrogen-bond donors (Lipinski definition) is 1. The molecule has 1 saturated heterocycles. The van der Waals surface area contributed by atoms with Crippen molar-refractivity contribution in [3.63, 3.8) is 0 Å². The third kappa shape index (κ3) is 6.86. The van der Waals surface area contributed by atoms with Gasteiger partial charge in [-0.25, -0.2) is 0 Å². The van der Waals surface area contributed by atoms with Gasteiger partial charge in [0.25, 0.3) is 0 Å². The average molecular weight is 499 g/mol. The first-order valence-corrected chi connectivity index (χ1v) is 8.63. The van der Waals surface area contributed by atoms with Crippen molar-refractivity contribution in [2.24, 2.45) is 10.9 Å². The van der Waals surface area contributed by atoms with Gasteiger partial charge in [-0.05, 0) is 37.5 Å². The van der Waals surface area contributed by atoms with Gasteiger partial charge in [0.05, 0.1) is 18.1 Å². The predicted octanol–water partition coefficient (Wildman–Crippen LogP) is 3.67. The van der Waals surface area contributed by atoms with Crippen molar-refractivity contribution in [3.05, 3.63) is 35.4 Å². The molecule has 0 amide bonds. The summed E-state index contributed by atoms with van der Waals surface area (Å²) >= 11 is 0. The number of benzene rings is 1. The Morgan fingerprint density at radius 2 is 2.00 bits per heavy atom. The van der Waals surface area contributed by atoms with Gasteiger partial charge < -0.3 is 15.0 Å². The molecule has 1 fully saturated rings. The highest BCUT2D eigenvalue weighted by molar-refractivity contribution is 14.0. The highest BCUT2D eigenvalue weighted by Gasteiger charge is 2.30. The molecule has 0 aromatic heterocycles. The van der Waals surface area contributed by atoms with Crippen molar-refractivity contribution >= 4 is 35.9 Å². The normalized spacial score (nSPS) is 17.9. The zero-order valence-corrected chi connectivity index (χ0v) is 17.7. The summed E-state index contributed by atoms with van der Waals surface area (Å²) in [7, 11) is 1.64. The molecule has 0 aliphatic carbocycles. The molecule has 1 atom stereocenters. The lowest BCUT2D eigenvalue weighted by Gasteiger charge is -2.34. The molecular formula is C18H25F3IN3O2. The second-order valence-electron chi connectivity index (χ2n) is 6.13. The predicted molar refractivity (Wildman–Crippen MR) is 108 cm³/mol. The number of likely N-dealkylation sites (tertiary alicyclic amines) is 1. The Morgan fingerprint density at radius 1 is 1.33 bits per heavy atom. The van der Waals surface area contributed by atoms with Crippen LogP contribution in [0.25, 0.3) is 0 Å². The Balaban J connectivity index is 0.00000364. The quantitative estimate of drug-likeness (QED) is 0.298. The van der Waals surface area contributed by atoms with Crippen molar-refractivity contribution in [2.45, 2.75) is 32.5 Å². The van der Waals surface area contributed by atoms with Crippen LogP contribution in [0.5, 0.6) is 0 Å². The van der Waals surface area contributed by atoms with Crippen LogP contribution in [0.4, 0.5) is 13.2 Å².